The Balaban J connectivity index is 1.80. The van der Waals surface area contributed by atoms with Gasteiger partial charge in [-0.3, -0.25) is 28.8 Å². The molecular formula is C35H52N6O15. The maximum Gasteiger partial charge on any atom is 0.248 e. The van der Waals surface area contributed by atoms with Gasteiger partial charge in [-0.25, -0.2) is 0 Å². The number of fused-ring (bicyclic) bond motifs is 2. The zero-order valence-electron chi connectivity index (χ0n) is 31.2. The highest BCUT2D eigenvalue weighted by Crippen LogP contribution is 2.27. The van der Waals surface area contributed by atoms with E-state index < -0.39 is 146 Å². The molecule has 0 aliphatic carbocycles. The van der Waals surface area contributed by atoms with Crippen LogP contribution in [0.25, 0.3) is 0 Å². The lowest BCUT2D eigenvalue weighted by molar-refractivity contribution is -0.148. The van der Waals surface area contributed by atoms with Crippen molar-refractivity contribution in [3.8, 4) is 5.75 Å². The molecular weight excluding hydrogens is 744 g/mol. The summed E-state index contributed by atoms with van der Waals surface area (Å²) in [6.07, 6.45) is -15.2. The minimum absolute atomic E-state index is 0.0399. The van der Waals surface area contributed by atoms with Crippen molar-refractivity contribution in [1.82, 2.24) is 31.1 Å². The summed E-state index contributed by atoms with van der Waals surface area (Å²) in [6, 6.07) is -4.39. The summed E-state index contributed by atoms with van der Waals surface area (Å²) in [4.78, 5) is 84.2. The number of rotatable bonds is 5. The van der Waals surface area contributed by atoms with Crippen LogP contribution >= 0.6 is 0 Å². The highest BCUT2D eigenvalue weighted by molar-refractivity contribution is 5.97. The number of hydrogen-bond donors (Lipinski definition) is 13. The van der Waals surface area contributed by atoms with Crippen molar-refractivity contribution in [3.05, 3.63) is 29.8 Å². The Morgan fingerprint density at radius 1 is 0.661 bits per heavy atom. The largest absolute Gasteiger partial charge is 0.508 e. The summed E-state index contributed by atoms with van der Waals surface area (Å²) >= 11 is 0. The molecule has 0 saturated carbocycles. The van der Waals surface area contributed by atoms with Crippen LogP contribution in [-0.2, 0) is 28.8 Å². The van der Waals surface area contributed by atoms with Crippen LogP contribution in [-0.4, -0.2) is 177 Å². The van der Waals surface area contributed by atoms with Crippen LogP contribution in [0, 0.1) is 11.8 Å². The maximum atomic E-state index is 14.0. The fourth-order valence-corrected chi connectivity index (χ4v) is 7.06. The fraction of sp³-hybridized carbons (Fsp3) is 0.657. The molecule has 15 unspecified atom stereocenters. The third-order valence-electron chi connectivity index (χ3n) is 10.4. The summed E-state index contributed by atoms with van der Waals surface area (Å²) in [7, 11) is 0. The van der Waals surface area contributed by atoms with Crippen molar-refractivity contribution in [2.75, 3.05) is 13.1 Å². The second-order valence-corrected chi connectivity index (χ2v) is 14.9. The number of carbonyl (C=O) groups excluding carboxylic acids is 6. The number of phenolic OH excluding ortho intramolecular Hbond substituents is 1. The van der Waals surface area contributed by atoms with Gasteiger partial charge in [0.25, 0.3) is 0 Å². The summed E-state index contributed by atoms with van der Waals surface area (Å²) in [5, 5.41) is 105. The van der Waals surface area contributed by atoms with E-state index in [9.17, 15) is 74.7 Å². The molecule has 3 aliphatic rings. The first-order chi connectivity index (χ1) is 26.1. The Labute approximate surface area is 321 Å². The fourth-order valence-electron chi connectivity index (χ4n) is 7.06. The lowest BCUT2D eigenvalue weighted by atomic mass is 9.96. The molecule has 0 spiro atoms. The number of aliphatic hydroxyl groups excluding tert-OH is 8. The van der Waals surface area contributed by atoms with Crippen molar-refractivity contribution in [2.24, 2.45) is 11.8 Å². The first-order valence-electron chi connectivity index (χ1n) is 18.2. The topological polar surface area (TPSA) is 339 Å². The molecule has 21 nitrogen and oxygen atoms in total. The van der Waals surface area contributed by atoms with Crippen LogP contribution in [0.4, 0.5) is 0 Å². The highest BCUT2D eigenvalue weighted by Gasteiger charge is 2.50. The smallest absolute Gasteiger partial charge is 0.248 e. The number of phenols is 1. The SMILES string of the molecule is CC1CC(O)C(O)NC(=O)C2C(O)C(C)CN2C(=O)C(C(C)O)NC(=O)C(C(O)C(O)c2ccc(O)cc2)NC(=O)C2CC(O)CN2C(=O)C(C(C)O)NC1=O. The number of hydrogen-bond acceptors (Lipinski definition) is 15. The van der Waals surface area contributed by atoms with Crippen molar-refractivity contribution >= 4 is 35.4 Å². The highest BCUT2D eigenvalue weighted by atomic mass is 16.3. The number of nitrogens with one attached hydrogen (secondary N) is 4. The lowest BCUT2D eigenvalue weighted by Gasteiger charge is -2.34. The van der Waals surface area contributed by atoms with Crippen LogP contribution in [0.5, 0.6) is 5.75 Å². The molecule has 4 rings (SSSR count). The molecule has 0 radical (unpaired) electrons. The van der Waals surface area contributed by atoms with Gasteiger partial charge in [0.05, 0.1) is 30.5 Å². The van der Waals surface area contributed by atoms with Crippen LogP contribution in [0.1, 0.15) is 52.2 Å². The van der Waals surface area contributed by atoms with E-state index in [2.05, 4.69) is 21.3 Å². The molecule has 1 aromatic carbocycles. The van der Waals surface area contributed by atoms with Crippen molar-refractivity contribution in [1.29, 1.82) is 0 Å². The predicted octanol–water partition coefficient (Wildman–Crippen LogP) is -5.99. The molecule has 1 aromatic rings. The molecule has 56 heavy (non-hydrogen) atoms. The normalized spacial score (nSPS) is 35.2. The van der Waals surface area contributed by atoms with E-state index in [1.807, 2.05) is 0 Å². The van der Waals surface area contributed by atoms with Crippen LogP contribution in [0.15, 0.2) is 24.3 Å². The lowest BCUT2D eigenvalue weighted by Crippen LogP contribution is -2.64. The van der Waals surface area contributed by atoms with E-state index in [4.69, 9.17) is 0 Å². The number of aromatic hydroxyl groups is 1. The van der Waals surface area contributed by atoms with Gasteiger partial charge in [0.15, 0.2) is 6.23 Å². The quantitative estimate of drug-likeness (QED) is 0.132. The minimum Gasteiger partial charge on any atom is -0.508 e. The Morgan fingerprint density at radius 2 is 1.20 bits per heavy atom. The summed E-state index contributed by atoms with van der Waals surface area (Å²) in [5.74, 6) is -8.89. The minimum atomic E-state index is -2.23. The van der Waals surface area contributed by atoms with Crippen molar-refractivity contribution in [2.45, 2.75) is 120 Å². The standard InChI is InChI=1S/C35H52N6O15/c1-13-9-21(46)31(52)39-33(54)25-26(47)14(2)11-41(25)35(56)23(16(4)43)37-32(53)24(28(49)27(48)17-5-7-18(44)8-6-17)38-30(51)20-10-19(45)12-40(20)34(55)22(15(3)42)36-29(13)50/h5-8,13-16,19-28,31,42-49,52H,9-12H2,1-4H3,(H,36,50)(H,37,53)(H,38,51)(H,39,54). The second kappa shape index (κ2) is 18.2. The van der Waals surface area contributed by atoms with Gasteiger partial charge in [0.2, 0.25) is 35.4 Å². The number of benzene rings is 1. The number of aliphatic hydroxyl groups is 8. The first-order valence-corrected chi connectivity index (χ1v) is 18.2. The third kappa shape index (κ3) is 9.72. The van der Waals surface area contributed by atoms with Gasteiger partial charge in [-0.05, 0) is 38.0 Å². The predicted molar refractivity (Wildman–Crippen MR) is 189 cm³/mol. The Morgan fingerprint density at radius 3 is 1.77 bits per heavy atom. The molecule has 15 atom stereocenters. The van der Waals surface area contributed by atoms with E-state index in [0.717, 1.165) is 23.6 Å². The Bertz CT molecular complexity index is 1610. The van der Waals surface area contributed by atoms with Crippen molar-refractivity contribution in [3.63, 3.8) is 0 Å². The zero-order chi connectivity index (χ0) is 41.9. The Hall–Kier alpha value is -4.48. The zero-order valence-corrected chi connectivity index (χ0v) is 31.2. The van der Waals surface area contributed by atoms with E-state index in [-0.39, 0.29) is 17.9 Å². The molecule has 3 heterocycles. The molecule has 3 aliphatic heterocycles. The van der Waals surface area contributed by atoms with Crippen LogP contribution in [0.2, 0.25) is 0 Å². The van der Waals surface area contributed by atoms with Gasteiger partial charge in [-0.1, -0.05) is 26.0 Å². The molecule has 0 bridgehead atoms. The van der Waals surface area contributed by atoms with Crippen molar-refractivity contribution < 1.29 is 74.7 Å². The van der Waals surface area contributed by atoms with Gasteiger partial charge in [-0.2, -0.15) is 0 Å². The van der Waals surface area contributed by atoms with E-state index in [0.29, 0.717) is 0 Å². The summed E-state index contributed by atoms with van der Waals surface area (Å²) in [5.41, 5.74) is -0.0399. The van der Waals surface area contributed by atoms with Gasteiger partial charge in [-0.15, -0.1) is 0 Å². The number of nitrogens with zero attached hydrogens (tertiary/aromatic N) is 2. The molecule has 6 amide bonds. The molecule has 21 heteroatoms. The van der Waals surface area contributed by atoms with Gasteiger partial charge in [0.1, 0.15) is 48.2 Å². The molecule has 0 aromatic heterocycles. The van der Waals surface area contributed by atoms with E-state index >= 15 is 0 Å². The molecule has 3 fully saturated rings. The first kappa shape index (κ1) is 44.2. The maximum absolute atomic E-state index is 14.0. The van der Waals surface area contributed by atoms with Gasteiger partial charge < -0.3 is 77.0 Å². The third-order valence-corrected chi connectivity index (χ3v) is 10.4. The van der Waals surface area contributed by atoms with Gasteiger partial charge in [0, 0.05) is 31.3 Å². The molecule has 3 saturated heterocycles. The number of amides is 6. The van der Waals surface area contributed by atoms with Crippen LogP contribution in [0.3, 0.4) is 0 Å². The molecule has 13 N–H and O–H groups in total. The summed E-state index contributed by atoms with van der Waals surface area (Å²) in [6.45, 7) is 4.28. The Kier molecular flexibility index (Phi) is 14.4. The van der Waals surface area contributed by atoms with Crippen LogP contribution < -0.4 is 21.3 Å². The average molecular weight is 797 g/mol. The van der Waals surface area contributed by atoms with E-state index in [1.54, 1.807) is 0 Å². The average Bonchev–Trinajstić information content (AvgIpc) is 3.68. The second-order valence-electron chi connectivity index (χ2n) is 14.9. The van der Waals surface area contributed by atoms with E-state index in [1.165, 1.54) is 38.1 Å². The monoisotopic (exact) mass is 796 g/mol. The summed E-state index contributed by atoms with van der Waals surface area (Å²) < 4.78 is 0. The number of carbonyl (C=O) groups is 6. The molecule has 312 valence electrons. The van der Waals surface area contributed by atoms with Gasteiger partial charge >= 0.3 is 0 Å².